The molecule has 0 radical (unpaired) electrons. The largest absolute Gasteiger partial charge is 0.480 e. The predicted octanol–water partition coefficient (Wildman–Crippen LogP) is 1.28. The molecule has 0 aliphatic rings. The number of halogens is 2. The fraction of sp³-hybridized carbons (Fsp3) is 0.500. The van der Waals surface area contributed by atoms with Crippen LogP contribution in [0.2, 0.25) is 0 Å². The highest BCUT2D eigenvalue weighted by atomic mass is 127. The van der Waals surface area contributed by atoms with E-state index in [1.165, 1.54) is 6.92 Å². The minimum Gasteiger partial charge on any atom is -0.480 e. The molecule has 0 fully saturated rings. The molecule has 1 aromatic heterocycles. The van der Waals surface area contributed by atoms with Gasteiger partial charge < -0.3 is 15.4 Å². The first kappa shape index (κ1) is 13.2. The Labute approximate surface area is 115 Å². The topological polar surface area (TPSA) is 81.1 Å². The molecule has 0 aliphatic heterocycles. The van der Waals surface area contributed by atoms with Gasteiger partial charge in [-0.15, -0.1) is 0 Å². The van der Waals surface area contributed by atoms with E-state index in [1.807, 2.05) is 4.57 Å². The number of hydrogen-bond donors (Lipinski definition) is 2. The van der Waals surface area contributed by atoms with Gasteiger partial charge >= 0.3 is 5.97 Å². The van der Waals surface area contributed by atoms with E-state index in [-0.39, 0.29) is 0 Å². The summed E-state index contributed by atoms with van der Waals surface area (Å²) < 4.78 is 3.83. The van der Waals surface area contributed by atoms with Gasteiger partial charge in [-0.3, -0.25) is 4.79 Å². The van der Waals surface area contributed by atoms with E-state index in [2.05, 4.69) is 50.2 Å². The molecule has 0 saturated carbocycles. The van der Waals surface area contributed by atoms with Crippen molar-refractivity contribution >= 4 is 51.2 Å². The van der Waals surface area contributed by atoms with E-state index in [0.717, 1.165) is 7.40 Å². The van der Waals surface area contributed by atoms with Gasteiger partial charge in [0, 0.05) is 6.54 Å². The van der Waals surface area contributed by atoms with Crippen molar-refractivity contribution in [2.45, 2.75) is 25.4 Å². The standard InChI is InChI=1S/C8H11I2N3O2/c1-8(11,7(14)15)2-3-13-4-12-5(9)6(13)10/h4H,2-3,11H2,1H3,(H,14,15). The monoisotopic (exact) mass is 435 g/mol. The molecule has 1 heterocycles. The molecule has 0 aliphatic carbocycles. The lowest BCUT2D eigenvalue weighted by Crippen LogP contribution is -2.45. The van der Waals surface area contributed by atoms with Crippen LogP contribution in [0.1, 0.15) is 13.3 Å². The number of rotatable bonds is 4. The number of aromatic nitrogens is 2. The third-order valence-electron chi connectivity index (χ3n) is 2.09. The van der Waals surface area contributed by atoms with Crippen LogP contribution in [0, 0.1) is 7.40 Å². The minimum absolute atomic E-state index is 0.380. The summed E-state index contributed by atoms with van der Waals surface area (Å²) in [6.45, 7) is 2.08. The van der Waals surface area contributed by atoms with Gasteiger partial charge in [0.2, 0.25) is 0 Å². The molecular weight excluding hydrogens is 424 g/mol. The van der Waals surface area contributed by atoms with E-state index < -0.39 is 11.5 Å². The summed E-state index contributed by atoms with van der Waals surface area (Å²) in [5, 5.41) is 8.84. The molecule has 15 heavy (non-hydrogen) atoms. The number of carboxylic acid groups (broad SMARTS) is 1. The van der Waals surface area contributed by atoms with Crippen LogP contribution in [0.15, 0.2) is 6.33 Å². The fourth-order valence-electron chi connectivity index (χ4n) is 0.958. The Morgan fingerprint density at radius 1 is 1.73 bits per heavy atom. The number of aryl methyl sites for hydroxylation is 1. The first-order valence-corrected chi connectivity index (χ1v) is 6.39. The number of imidazole rings is 1. The normalized spacial score (nSPS) is 14.9. The SMILES string of the molecule is CC(N)(CCn1cnc(I)c1I)C(=O)O. The summed E-state index contributed by atoms with van der Waals surface area (Å²) in [7, 11) is 0. The molecule has 0 saturated heterocycles. The first-order valence-electron chi connectivity index (χ1n) is 4.23. The fourth-order valence-corrected chi connectivity index (χ4v) is 1.90. The summed E-state index contributed by atoms with van der Waals surface area (Å²) in [6, 6.07) is 0. The van der Waals surface area contributed by atoms with Crippen molar-refractivity contribution in [1.29, 1.82) is 0 Å². The molecule has 0 bridgehead atoms. The van der Waals surface area contributed by atoms with Crippen LogP contribution in [-0.2, 0) is 11.3 Å². The van der Waals surface area contributed by atoms with Crippen LogP contribution in [-0.4, -0.2) is 26.2 Å². The second-order valence-electron chi connectivity index (χ2n) is 3.49. The average Bonchev–Trinajstić information content (AvgIpc) is 2.45. The second-order valence-corrected chi connectivity index (χ2v) is 5.54. The number of nitrogens with two attached hydrogens (primary N) is 1. The molecule has 1 aromatic rings. The van der Waals surface area contributed by atoms with E-state index in [0.29, 0.717) is 13.0 Å². The zero-order valence-electron chi connectivity index (χ0n) is 8.07. The van der Waals surface area contributed by atoms with Crippen molar-refractivity contribution in [2.75, 3.05) is 0 Å². The second kappa shape index (κ2) is 4.95. The quantitative estimate of drug-likeness (QED) is 0.699. The maximum atomic E-state index is 10.8. The van der Waals surface area contributed by atoms with E-state index >= 15 is 0 Å². The molecule has 3 N–H and O–H groups in total. The van der Waals surface area contributed by atoms with Crippen LogP contribution in [0.5, 0.6) is 0 Å². The van der Waals surface area contributed by atoms with Crippen LogP contribution >= 0.6 is 45.2 Å². The molecule has 0 amide bonds. The predicted molar refractivity (Wildman–Crippen MR) is 72.5 cm³/mol. The maximum absolute atomic E-state index is 10.8. The molecular formula is C8H11I2N3O2. The minimum atomic E-state index is -1.18. The maximum Gasteiger partial charge on any atom is 0.323 e. The highest BCUT2D eigenvalue weighted by Crippen LogP contribution is 2.15. The van der Waals surface area contributed by atoms with Crippen molar-refractivity contribution in [3.05, 3.63) is 13.7 Å². The van der Waals surface area contributed by atoms with Crippen molar-refractivity contribution in [2.24, 2.45) is 5.73 Å². The van der Waals surface area contributed by atoms with Crippen LogP contribution in [0.4, 0.5) is 0 Å². The summed E-state index contributed by atoms with van der Waals surface area (Å²) in [4.78, 5) is 14.9. The number of carbonyl (C=O) groups is 1. The van der Waals surface area contributed by atoms with Crippen LogP contribution in [0.3, 0.4) is 0 Å². The van der Waals surface area contributed by atoms with Gasteiger partial charge in [-0.25, -0.2) is 4.98 Å². The Bertz CT molecular complexity index is 376. The molecule has 5 nitrogen and oxygen atoms in total. The lowest BCUT2D eigenvalue weighted by atomic mass is 10.00. The Balaban J connectivity index is 2.65. The van der Waals surface area contributed by atoms with Gasteiger partial charge in [-0.2, -0.15) is 0 Å². The van der Waals surface area contributed by atoms with Gasteiger partial charge in [-0.05, 0) is 58.5 Å². The zero-order chi connectivity index (χ0) is 11.6. The third kappa shape index (κ3) is 3.28. The molecule has 1 unspecified atom stereocenters. The van der Waals surface area contributed by atoms with Crippen molar-refractivity contribution in [3.8, 4) is 0 Å². The van der Waals surface area contributed by atoms with Gasteiger partial charge in [-0.1, -0.05) is 0 Å². The zero-order valence-corrected chi connectivity index (χ0v) is 12.4. The number of aliphatic carboxylic acids is 1. The highest BCUT2D eigenvalue weighted by Gasteiger charge is 2.27. The Hall–Kier alpha value is 0.1000. The lowest BCUT2D eigenvalue weighted by molar-refractivity contribution is -0.143. The molecule has 1 atom stereocenters. The van der Waals surface area contributed by atoms with Gasteiger partial charge in [0.1, 0.15) is 12.9 Å². The Morgan fingerprint density at radius 2 is 2.33 bits per heavy atom. The smallest absolute Gasteiger partial charge is 0.323 e. The summed E-state index contributed by atoms with van der Waals surface area (Å²) in [6.07, 6.45) is 2.08. The van der Waals surface area contributed by atoms with Gasteiger partial charge in [0.15, 0.2) is 0 Å². The highest BCUT2D eigenvalue weighted by molar-refractivity contribution is 14.1. The van der Waals surface area contributed by atoms with Crippen molar-refractivity contribution in [1.82, 2.24) is 9.55 Å². The number of hydrogen-bond acceptors (Lipinski definition) is 3. The lowest BCUT2D eigenvalue weighted by Gasteiger charge is -2.19. The van der Waals surface area contributed by atoms with Crippen molar-refractivity contribution < 1.29 is 9.90 Å². The summed E-state index contributed by atoms with van der Waals surface area (Å²) in [5.41, 5.74) is 4.44. The van der Waals surface area contributed by atoms with Crippen LogP contribution in [0.25, 0.3) is 0 Å². The van der Waals surface area contributed by atoms with Crippen LogP contribution < -0.4 is 5.73 Å². The number of carboxylic acids is 1. The molecule has 0 aromatic carbocycles. The third-order valence-corrected chi connectivity index (χ3v) is 5.05. The van der Waals surface area contributed by atoms with E-state index in [4.69, 9.17) is 10.8 Å². The first-order chi connectivity index (χ1) is 6.84. The molecule has 84 valence electrons. The summed E-state index contributed by atoms with van der Waals surface area (Å²) in [5.74, 6) is -0.979. The van der Waals surface area contributed by atoms with Gasteiger partial charge in [0.05, 0.1) is 6.33 Å². The van der Waals surface area contributed by atoms with Crippen molar-refractivity contribution in [3.63, 3.8) is 0 Å². The average molecular weight is 435 g/mol. The molecule has 7 heteroatoms. The summed E-state index contributed by atoms with van der Waals surface area (Å²) >= 11 is 4.31. The molecule has 0 spiro atoms. The Kier molecular flexibility index (Phi) is 4.35. The van der Waals surface area contributed by atoms with E-state index in [1.54, 1.807) is 6.33 Å². The number of nitrogens with zero attached hydrogens (tertiary/aromatic N) is 2. The van der Waals surface area contributed by atoms with Gasteiger partial charge in [0.25, 0.3) is 0 Å². The van der Waals surface area contributed by atoms with E-state index in [9.17, 15) is 4.79 Å². The Morgan fingerprint density at radius 3 is 2.73 bits per heavy atom. The molecule has 1 rings (SSSR count).